The number of benzene rings is 2. The van der Waals surface area contributed by atoms with Gasteiger partial charge in [0, 0.05) is 18.5 Å². The van der Waals surface area contributed by atoms with E-state index in [4.69, 9.17) is 0 Å². The van der Waals surface area contributed by atoms with Gasteiger partial charge in [0.2, 0.25) is 0 Å². The Morgan fingerprint density at radius 1 is 1.24 bits per heavy atom. The van der Waals surface area contributed by atoms with E-state index >= 15 is 0 Å². The minimum absolute atomic E-state index is 0.00459. The highest BCUT2D eigenvalue weighted by Crippen LogP contribution is 2.24. The largest absolute Gasteiger partial charge is 0.324 e. The molecular weight excluding hydrogens is 262 g/mol. The Morgan fingerprint density at radius 2 is 2.05 bits per heavy atom. The van der Waals surface area contributed by atoms with Gasteiger partial charge in [-0.1, -0.05) is 36.4 Å². The normalized spacial score (nSPS) is 18.1. The van der Waals surface area contributed by atoms with Crippen LogP contribution in [0.25, 0.3) is 10.8 Å². The number of carbonyl (C=O) groups is 1. The van der Waals surface area contributed by atoms with Gasteiger partial charge in [0.1, 0.15) is 0 Å². The summed E-state index contributed by atoms with van der Waals surface area (Å²) < 4.78 is 0. The predicted molar refractivity (Wildman–Crippen MR) is 86.6 cm³/mol. The standard InChI is InChI=1S/C17H21N3O/c1-18-11-13-9-10-20(12-13)17(21)19-16-8-4-6-14-5-2-3-7-15(14)16/h2-8,13,18H,9-12H2,1H3,(H,19,21). The number of nitrogens with zero attached hydrogens (tertiary/aromatic N) is 1. The number of likely N-dealkylation sites (tertiary alicyclic amines) is 1. The van der Waals surface area contributed by atoms with Crippen LogP contribution in [0.3, 0.4) is 0 Å². The quantitative estimate of drug-likeness (QED) is 0.909. The summed E-state index contributed by atoms with van der Waals surface area (Å²) in [6, 6.07) is 14.1. The molecule has 1 saturated heterocycles. The SMILES string of the molecule is CNCC1CCN(C(=O)Nc2cccc3ccccc23)C1. The summed E-state index contributed by atoms with van der Waals surface area (Å²) >= 11 is 0. The number of nitrogens with one attached hydrogen (secondary N) is 2. The monoisotopic (exact) mass is 283 g/mol. The van der Waals surface area contributed by atoms with Crippen LogP contribution in [0, 0.1) is 5.92 Å². The van der Waals surface area contributed by atoms with Crippen molar-refractivity contribution in [2.24, 2.45) is 5.92 Å². The summed E-state index contributed by atoms with van der Waals surface area (Å²) in [5, 5.41) is 8.47. The number of carbonyl (C=O) groups excluding carboxylic acids is 1. The van der Waals surface area contributed by atoms with E-state index in [1.54, 1.807) is 0 Å². The Labute approximate surface area is 125 Å². The highest BCUT2D eigenvalue weighted by molar-refractivity contribution is 6.01. The van der Waals surface area contributed by atoms with Crippen LogP contribution in [0.5, 0.6) is 0 Å². The topological polar surface area (TPSA) is 44.4 Å². The third-order valence-corrected chi connectivity index (χ3v) is 4.10. The second-order valence-corrected chi connectivity index (χ2v) is 5.62. The lowest BCUT2D eigenvalue weighted by atomic mass is 10.1. The zero-order valence-electron chi connectivity index (χ0n) is 12.3. The third-order valence-electron chi connectivity index (χ3n) is 4.10. The Kier molecular flexibility index (Phi) is 4.06. The Hall–Kier alpha value is -2.07. The summed E-state index contributed by atoms with van der Waals surface area (Å²) in [4.78, 5) is 14.3. The fourth-order valence-corrected chi connectivity index (χ4v) is 3.00. The van der Waals surface area contributed by atoms with Crippen molar-refractivity contribution in [1.82, 2.24) is 10.2 Å². The first kappa shape index (κ1) is 13.9. The zero-order valence-corrected chi connectivity index (χ0v) is 12.3. The first-order valence-electron chi connectivity index (χ1n) is 7.46. The summed E-state index contributed by atoms with van der Waals surface area (Å²) in [7, 11) is 1.96. The molecule has 0 saturated carbocycles. The molecule has 1 fully saturated rings. The molecule has 1 heterocycles. The van der Waals surface area contributed by atoms with E-state index < -0.39 is 0 Å². The average molecular weight is 283 g/mol. The first-order chi connectivity index (χ1) is 10.3. The van der Waals surface area contributed by atoms with E-state index in [0.29, 0.717) is 5.92 Å². The third kappa shape index (κ3) is 3.00. The molecule has 0 radical (unpaired) electrons. The van der Waals surface area contributed by atoms with Crippen molar-refractivity contribution in [2.75, 3.05) is 32.0 Å². The minimum atomic E-state index is 0.00459. The average Bonchev–Trinajstić information content (AvgIpc) is 2.97. The molecular formula is C17H21N3O. The van der Waals surface area contributed by atoms with Crippen molar-refractivity contribution in [3.63, 3.8) is 0 Å². The smallest absolute Gasteiger partial charge is 0.321 e. The molecule has 4 nitrogen and oxygen atoms in total. The van der Waals surface area contributed by atoms with Crippen LogP contribution in [0.1, 0.15) is 6.42 Å². The molecule has 1 aliphatic heterocycles. The lowest BCUT2D eigenvalue weighted by molar-refractivity contribution is 0.221. The van der Waals surface area contributed by atoms with Gasteiger partial charge in [0.15, 0.2) is 0 Å². The zero-order chi connectivity index (χ0) is 14.7. The van der Waals surface area contributed by atoms with Gasteiger partial charge < -0.3 is 15.5 Å². The van der Waals surface area contributed by atoms with Crippen LogP contribution >= 0.6 is 0 Å². The van der Waals surface area contributed by atoms with Gasteiger partial charge in [-0.2, -0.15) is 0 Å². The molecule has 2 aromatic rings. The molecule has 0 aliphatic carbocycles. The molecule has 0 bridgehead atoms. The molecule has 2 amide bonds. The maximum absolute atomic E-state index is 12.4. The van der Waals surface area contributed by atoms with Crippen LogP contribution in [-0.4, -0.2) is 37.6 Å². The maximum Gasteiger partial charge on any atom is 0.321 e. The van der Waals surface area contributed by atoms with E-state index in [-0.39, 0.29) is 6.03 Å². The number of urea groups is 1. The van der Waals surface area contributed by atoms with E-state index in [9.17, 15) is 4.79 Å². The first-order valence-corrected chi connectivity index (χ1v) is 7.46. The Balaban J connectivity index is 1.72. The highest BCUT2D eigenvalue weighted by atomic mass is 16.2. The van der Waals surface area contributed by atoms with Crippen LogP contribution in [0.15, 0.2) is 42.5 Å². The molecule has 0 aromatic heterocycles. The molecule has 4 heteroatoms. The number of rotatable bonds is 3. The van der Waals surface area contributed by atoms with Gasteiger partial charge in [0.25, 0.3) is 0 Å². The summed E-state index contributed by atoms with van der Waals surface area (Å²) in [5.41, 5.74) is 0.884. The van der Waals surface area contributed by atoms with Gasteiger partial charge in [-0.25, -0.2) is 4.79 Å². The molecule has 1 atom stereocenters. The molecule has 21 heavy (non-hydrogen) atoms. The molecule has 1 aliphatic rings. The van der Waals surface area contributed by atoms with Crippen LogP contribution in [-0.2, 0) is 0 Å². The summed E-state index contributed by atoms with van der Waals surface area (Å²) in [6.07, 6.45) is 1.07. The second-order valence-electron chi connectivity index (χ2n) is 5.62. The molecule has 3 rings (SSSR count). The second kappa shape index (κ2) is 6.14. The lowest BCUT2D eigenvalue weighted by Crippen LogP contribution is -2.34. The van der Waals surface area contributed by atoms with Crippen molar-refractivity contribution in [2.45, 2.75) is 6.42 Å². The van der Waals surface area contributed by atoms with Crippen LogP contribution < -0.4 is 10.6 Å². The van der Waals surface area contributed by atoms with Gasteiger partial charge in [-0.05, 0) is 37.4 Å². The van der Waals surface area contributed by atoms with Crippen molar-refractivity contribution in [1.29, 1.82) is 0 Å². The molecule has 0 spiro atoms. The number of amides is 2. The van der Waals surface area contributed by atoms with Crippen LogP contribution in [0.2, 0.25) is 0 Å². The Bertz CT molecular complexity index is 635. The fraction of sp³-hybridized carbons (Fsp3) is 0.353. The molecule has 110 valence electrons. The minimum Gasteiger partial charge on any atom is -0.324 e. The van der Waals surface area contributed by atoms with Crippen molar-refractivity contribution < 1.29 is 4.79 Å². The number of anilines is 1. The Morgan fingerprint density at radius 3 is 2.90 bits per heavy atom. The van der Waals surface area contributed by atoms with Gasteiger partial charge in [-0.15, -0.1) is 0 Å². The van der Waals surface area contributed by atoms with Gasteiger partial charge in [-0.3, -0.25) is 0 Å². The number of hydrogen-bond acceptors (Lipinski definition) is 2. The molecule has 1 unspecified atom stereocenters. The predicted octanol–water partition coefficient (Wildman–Crippen LogP) is 2.91. The highest BCUT2D eigenvalue weighted by Gasteiger charge is 2.25. The van der Waals surface area contributed by atoms with Crippen molar-refractivity contribution >= 4 is 22.5 Å². The van der Waals surface area contributed by atoms with Crippen molar-refractivity contribution in [3.05, 3.63) is 42.5 Å². The molecule has 2 aromatic carbocycles. The van der Waals surface area contributed by atoms with Crippen LogP contribution in [0.4, 0.5) is 10.5 Å². The molecule has 2 N–H and O–H groups in total. The van der Waals surface area contributed by atoms with Gasteiger partial charge >= 0.3 is 6.03 Å². The maximum atomic E-state index is 12.4. The van der Waals surface area contributed by atoms with Gasteiger partial charge in [0.05, 0.1) is 5.69 Å². The fourth-order valence-electron chi connectivity index (χ4n) is 3.00. The summed E-state index contributed by atoms with van der Waals surface area (Å²) in [6.45, 7) is 2.64. The van der Waals surface area contributed by atoms with Crippen molar-refractivity contribution in [3.8, 4) is 0 Å². The van der Waals surface area contributed by atoms with E-state index in [2.05, 4.69) is 22.8 Å². The number of hydrogen-bond donors (Lipinski definition) is 2. The summed E-state index contributed by atoms with van der Waals surface area (Å²) in [5.74, 6) is 0.563. The van der Waals surface area contributed by atoms with E-state index in [0.717, 1.165) is 42.5 Å². The van der Waals surface area contributed by atoms with E-state index in [1.807, 2.05) is 42.3 Å². The van der Waals surface area contributed by atoms with E-state index in [1.165, 1.54) is 0 Å². The lowest BCUT2D eigenvalue weighted by Gasteiger charge is -2.18. The number of fused-ring (bicyclic) bond motifs is 1.